The van der Waals surface area contributed by atoms with Crippen LogP contribution in [0.4, 0.5) is 0 Å². The molecule has 0 bridgehead atoms. The minimum absolute atomic E-state index is 0.128. The quantitative estimate of drug-likeness (QED) is 0.695. The molecule has 0 unspecified atom stereocenters. The maximum atomic E-state index is 9.54. The molecular weight excluding hydrogens is 215 g/mol. The van der Waals surface area contributed by atoms with Crippen molar-refractivity contribution in [3.05, 3.63) is 34.9 Å². The summed E-state index contributed by atoms with van der Waals surface area (Å²) in [7, 11) is -1.42. The number of rotatable bonds is 1. The van der Waals surface area contributed by atoms with Gasteiger partial charge in [-0.3, -0.25) is 0 Å². The van der Waals surface area contributed by atoms with E-state index in [1.165, 1.54) is 0 Å². The highest BCUT2D eigenvalue weighted by atomic mass is 16.4. The van der Waals surface area contributed by atoms with Crippen LogP contribution in [0.2, 0.25) is 0 Å². The van der Waals surface area contributed by atoms with Gasteiger partial charge in [-0.2, -0.15) is 0 Å². The van der Waals surface area contributed by atoms with Gasteiger partial charge in [-0.1, -0.05) is 25.1 Å². The largest absolute Gasteiger partial charge is 0.485 e. The molecule has 0 radical (unpaired) electrons. The lowest BCUT2D eigenvalue weighted by atomic mass is 9.68. The van der Waals surface area contributed by atoms with E-state index in [4.69, 9.17) is 4.42 Å². The summed E-state index contributed by atoms with van der Waals surface area (Å²) in [6.07, 6.45) is 2.80. The van der Waals surface area contributed by atoms with E-state index >= 15 is 0 Å². The van der Waals surface area contributed by atoms with Gasteiger partial charge in [-0.15, -0.1) is 0 Å². The lowest BCUT2D eigenvalue weighted by molar-refractivity contribution is 0.420. The van der Waals surface area contributed by atoms with E-state index in [9.17, 15) is 10.0 Å². The third-order valence-corrected chi connectivity index (χ3v) is 3.38. The van der Waals surface area contributed by atoms with Crippen LogP contribution in [0.15, 0.2) is 28.7 Å². The Labute approximate surface area is 98.8 Å². The van der Waals surface area contributed by atoms with Crippen LogP contribution in [0.3, 0.4) is 0 Å². The van der Waals surface area contributed by atoms with Crippen LogP contribution in [-0.2, 0) is 0 Å². The summed E-state index contributed by atoms with van der Waals surface area (Å²) in [5.41, 5.74) is 2.21. The molecule has 0 aliphatic heterocycles. The zero-order valence-corrected chi connectivity index (χ0v) is 9.55. The Balaban J connectivity index is 2.54. The molecular formula is C13H13BO3. The predicted octanol–water partition coefficient (Wildman–Crippen LogP) is 0.416. The van der Waals surface area contributed by atoms with E-state index in [1.54, 1.807) is 0 Å². The van der Waals surface area contributed by atoms with Crippen LogP contribution in [0.1, 0.15) is 13.3 Å². The van der Waals surface area contributed by atoms with Gasteiger partial charge in [0.05, 0.1) is 0 Å². The van der Waals surface area contributed by atoms with Gasteiger partial charge in [-0.05, 0) is 30.0 Å². The molecule has 2 aromatic rings. The Morgan fingerprint density at radius 2 is 2.06 bits per heavy atom. The van der Waals surface area contributed by atoms with Gasteiger partial charge in [0.25, 0.3) is 0 Å². The van der Waals surface area contributed by atoms with E-state index < -0.39 is 7.12 Å². The van der Waals surface area contributed by atoms with Gasteiger partial charge < -0.3 is 14.5 Å². The maximum absolute atomic E-state index is 9.54. The molecule has 3 nitrogen and oxygen atoms in total. The zero-order chi connectivity index (χ0) is 12.0. The molecule has 1 aromatic carbocycles. The molecule has 0 saturated carbocycles. The summed E-state index contributed by atoms with van der Waals surface area (Å²) >= 11 is 0. The molecule has 0 fully saturated rings. The van der Waals surface area contributed by atoms with Crippen molar-refractivity contribution < 1.29 is 14.5 Å². The molecule has 0 saturated heterocycles. The average Bonchev–Trinajstić information content (AvgIpc) is 2.67. The summed E-state index contributed by atoms with van der Waals surface area (Å²) in [6.45, 7) is 2.00. The van der Waals surface area contributed by atoms with Gasteiger partial charge in [0.15, 0.2) is 0 Å². The molecule has 1 aliphatic carbocycles. The smallest absolute Gasteiger partial charge is 0.456 e. The number of hydrogen-bond acceptors (Lipinski definition) is 3. The van der Waals surface area contributed by atoms with Gasteiger partial charge in [0.1, 0.15) is 11.0 Å². The number of hydrogen-bond donors (Lipinski definition) is 2. The van der Waals surface area contributed by atoms with E-state index in [2.05, 4.69) is 0 Å². The first-order valence-corrected chi connectivity index (χ1v) is 5.76. The first-order valence-electron chi connectivity index (χ1n) is 5.76. The van der Waals surface area contributed by atoms with E-state index in [0.29, 0.717) is 5.47 Å². The molecule has 2 N–H and O–H groups in total. The second-order valence-corrected chi connectivity index (χ2v) is 4.51. The van der Waals surface area contributed by atoms with E-state index in [0.717, 1.165) is 28.0 Å². The molecule has 1 aliphatic rings. The molecule has 4 heteroatoms. The number of furan rings is 1. The van der Waals surface area contributed by atoms with Gasteiger partial charge in [0, 0.05) is 10.6 Å². The van der Waals surface area contributed by atoms with Crippen molar-refractivity contribution in [3.63, 3.8) is 0 Å². The Hall–Kier alpha value is -1.52. The molecule has 86 valence electrons. The molecule has 17 heavy (non-hydrogen) atoms. The van der Waals surface area contributed by atoms with Crippen molar-refractivity contribution in [2.45, 2.75) is 13.3 Å². The van der Waals surface area contributed by atoms with Crippen molar-refractivity contribution in [2.75, 3.05) is 0 Å². The topological polar surface area (TPSA) is 53.6 Å². The Bertz CT molecular complexity index is 684. The van der Waals surface area contributed by atoms with Gasteiger partial charge in [-0.25, -0.2) is 0 Å². The average molecular weight is 228 g/mol. The summed E-state index contributed by atoms with van der Waals surface area (Å²) in [6, 6.07) is 7.69. The molecule has 1 aromatic heterocycles. The van der Waals surface area contributed by atoms with E-state index in [1.807, 2.05) is 37.3 Å². The highest BCUT2D eigenvalue weighted by Crippen LogP contribution is 2.20. The van der Waals surface area contributed by atoms with Crippen LogP contribution >= 0.6 is 0 Å². The molecule has 1 heterocycles. The van der Waals surface area contributed by atoms with Crippen molar-refractivity contribution in [1.82, 2.24) is 0 Å². The first kappa shape index (κ1) is 10.6. The fourth-order valence-electron chi connectivity index (χ4n) is 2.55. The van der Waals surface area contributed by atoms with Crippen LogP contribution in [0.25, 0.3) is 22.5 Å². The lowest BCUT2D eigenvalue weighted by Gasteiger charge is -2.15. The summed E-state index contributed by atoms with van der Waals surface area (Å²) < 4.78 is 5.72. The Kier molecular flexibility index (Phi) is 2.35. The third-order valence-electron chi connectivity index (χ3n) is 3.38. The minimum Gasteiger partial charge on any atom is -0.456 e. The molecule has 0 spiro atoms. The summed E-state index contributed by atoms with van der Waals surface area (Å²) in [5.74, 6) is 0.128. The molecule has 3 rings (SSSR count). The first-order chi connectivity index (χ1) is 8.18. The number of fused-ring (bicyclic) bond motifs is 3. The highest BCUT2D eigenvalue weighted by molar-refractivity contribution is 6.63. The highest BCUT2D eigenvalue weighted by Gasteiger charge is 2.26. The summed E-state index contributed by atoms with van der Waals surface area (Å²) in [5, 5.41) is 20.9. The monoisotopic (exact) mass is 228 g/mol. The van der Waals surface area contributed by atoms with Gasteiger partial charge >= 0.3 is 7.12 Å². The van der Waals surface area contributed by atoms with E-state index in [-0.39, 0.29) is 5.92 Å². The number of benzene rings is 1. The fraction of sp³-hybridized carbons (Fsp3) is 0.231. The van der Waals surface area contributed by atoms with Crippen LogP contribution in [0, 0.1) is 5.92 Å². The third kappa shape index (κ3) is 1.52. The lowest BCUT2D eigenvalue weighted by Crippen LogP contribution is -2.36. The SMILES string of the molecule is C[C@@H]1CC=c2oc3ccccc3c2=C1B(O)O. The van der Waals surface area contributed by atoms with Gasteiger partial charge in [0.2, 0.25) is 0 Å². The zero-order valence-electron chi connectivity index (χ0n) is 9.55. The van der Waals surface area contributed by atoms with Crippen molar-refractivity contribution >= 4 is 29.6 Å². The Morgan fingerprint density at radius 1 is 1.29 bits per heavy atom. The normalized spacial score (nSPS) is 19.0. The predicted molar refractivity (Wildman–Crippen MR) is 67.3 cm³/mol. The molecule has 0 amide bonds. The van der Waals surface area contributed by atoms with Crippen LogP contribution in [0.5, 0.6) is 0 Å². The minimum atomic E-state index is -1.42. The summed E-state index contributed by atoms with van der Waals surface area (Å²) in [4.78, 5) is 0. The molecule has 1 atom stereocenters. The van der Waals surface area contributed by atoms with Crippen molar-refractivity contribution in [1.29, 1.82) is 0 Å². The fourth-order valence-corrected chi connectivity index (χ4v) is 2.55. The standard InChI is InChI=1S/C13H13BO3/c1-8-6-7-11-12(13(8)14(15)16)9-4-2-3-5-10(9)17-11/h2-5,7-8,15-16H,6H2,1H3/t8-/m1/s1. The second-order valence-electron chi connectivity index (χ2n) is 4.51. The Morgan fingerprint density at radius 3 is 2.82 bits per heavy atom. The maximum Gasteiger partial charge on any atom is 0.485 e. The van der Waals surface area contributed by atoms with Crippen molar-refractivity contribution in [3.8, 4) is 0 Å². The number of para-hydroxylation sites is 1. The van der Waals surface area contributed by atoms with Crippen LogP contribution in [-0.4, -0.2) is 17.2 Å². The second kappa shape index (κ2) is 3.76. The van der Waals surface area contributed by atoms with Crippen LogP contribution < -0.4 is 10.6 Å². The van der Waals surface area contributed by atoms with Crippen molar-refractivity contribution in [2.24, 2.45) is 5.92 Å².